The van der Waals surface area contributed by atoms with E-state index in [0.717, 1.165) is 51.3 Å². The van der Waals surface area contributed by atoms with Gasteiger partial charge in [-0.25, -0.2) is 9.97 Å². The highest BCUT2D eigenvalue weighted by atomic mass is 16.2. The van der Waals surface area contributed by atoms with E-state index in [9.17, 15) is 4.79 Å². The summed E-state index contributed by atoms with van der Waals surface area (Å²) in [7, 11) is 3.97. The highest BCUT2D eigenvalue weighted by Gasteiger charge is 2.15. The Morgan fingerprint density at radius 1 is 1.14 bits per heavy atom. The highest BCUT2D eigenvalue weighted by Crippen LogP contribution is 2.21. The summed E-state index contributed by atoms with van der Waals surface area (Å²) >= 11 is 0. The lowest BCUT2D eigenvalue weighted by molar-refractivity contribution is 0.0787. The fraction of sp³-hybridized carbons (Fsp3) is 0.476. The molecular weight excluding hydrogens is 352 g/mol. The van der Waals surface area contributed by atoms with Crippen LogP contribution in [0.3, 0.4) is 0 Å². The van der Waals surface area contributed by atoms with E-state index in [1.807, 2.05) is 19.2 Å². The van der Waals surface area contributed by atoms with Crippen LogP contribution in [0.5, 0.6) is 0 Å². The first-order valence-electron chi connectivity index (χ1n) is 9.95. The molecule has 28 heavy (non-hydrogen) atoms. The van der Waals surface area contributed by atoms with Gasteiger partial charge in [0.2, 0.25) is 0 Å². The van der Waals surface area contributed by atoms with Gasteiger partial charge in [-0.15, -0.1) is 0 Å². The van der Waals surface area contributed by atoms with Crippen molar-refractivity contribution in [2.45, 2.75) is 19.8 Å². The molecule has 2 aromatic rings. The zero-order chi connectivity index (χ0) is 19.9. The summed E-state index contributed by atoms with van der Waals surface area (Å²) in [6.45, 7) is 7.11. The Hall–Kier alpha value is -2.67. The summed E-state index contributed by atoms with van der Waals surface area (Å²) in [5, 5.41) is 3.27. The van der Waals surface area contributed by atoms with Crippen molar-refractivity contribution in [1.29, 1.82) is 0 Å². The number of hydrogen-bond donors (Lipinski definition) is 1. The number of nitrogens with zero attached hydrogens (tertiary/aromatic N) is 5. The smallest absolute Gasteiger partial charge is 0.272 e. The number of piperazine rings is 1. The maximum atomic E-state index is 12.5. The average Bonchev–Trinajstić information content (AvgIpc) is 2.73. The molecule has 150 valence electrons. The Labute approximate surface area is 167 Å². The minimum absolute atomic E-state index is 0.0793. The summed E-state index contributed by atoms with van der Waals surface area (Å²) in [6, 6.07) is 10.0. The molecule has 0 atom stereocenters. The third-order valence-electron chi connectivity index (χ3n) is 5.09. The molecular formula is C21H30N6O. The summed E-state index contributed by atoms with van der Waals surface area (Å²) in [5.74, 6) is 0.541. The van der Waals surface area contributed by atoms with Crippen molar-refractivity contribution in [3.63, 3.8) is 0 Å². The minimum Gasteiger partial charge on any atom is -0.369 e. The average molecular weight is 383 g/mol. The Morgan fingerprint density at radius 3 is 2.54 bits per heavy atom. The second-order valence-corrected chi connectivity index (χ2v) is 7.33. The van der Waals surface area contributed by atoms with Crippen LogP contribution in [0.4, 0.5) is 17.2 Å². The summed E-state index contributed by atoms with van der Waals surface area (Å²) in [5.41, 5.74) is 2.58. The number of rotatable bonds is 7. The molecule has 2 heterocycles. The van der Waals surface area contributed by atoms with Crippen molar-refractivity contribution in [2.75, 3.05) is 57.0 Å². The second-order valence-electron chi connectivity index (χ2n) is 7.33. The van der Waals surface area contributed by atoms with Gasteiger partial charge in [-0.2, -0.15) is 0 Å². The number of benzene rings is 1. The van der Waals surface area contributed by atoms with Crippen LogP contribution in [0, 0.1) is 0 Å². The first kappa shape index (κ1) is 20.1. The monoisotopic (exact) mass is 382 g/mol. The maximum Gasteiger partial charge on any atom is 0.272 e. The van der Waals surface area contributed by atoms with E-state index < -0.39 is 0 Å². The quantitative estimate of drug-likeness (QED) is 0.794. The third kappa shape index (κ3) is 5.19. The molecule has 1 fully saturated rings. The molecule has 3 rings (SSSR count). The summed E-state index contributed by atoms with van der Waals surface area (Å²) in [6.07, 6.45) is 3.47. The van der Waals surface area contributed by atoms with Crippen LogP contribution >= 0.6 is 0 Å². The van der Waals surface area contributed by atoms with Gasteiger partial charge in [-0.1, -0.05) is 13.3 Å². The van der Waals surface area contributed by atoms with E-state index in [0.29, 0.717) is 11.5 Å². The molecule has 0 bridgehead atoms. The van der Waals surface area contributed by atoms with E-state index in [2.05, 4.69) is 51.2 Å². The van der Waals surface area contributed by atoms with E-state index in [1.165, 1.54) is 12.0 Å². The fourth-order valence-electron chi connectivity index (χ4n) is 3.20. The largest absolute Gasteiger partial charge is 0.369 e. The molecule has 1 saturated heterocycles. The first-order chi connectivity index (χ1) is 13.6. The van der Waals surface area contributed by atoms with Gasteiger partial charge in [0.05, 0.1) is 0 Å². The number of amides is 1. The zero-order valence-electron chi connectivity index (χ0n) is 17.1. The van der Waals surface area contributed by atoms with Crippen molar-refractivity contribution in [3.05, 3.63) is 42.4 Å². The number of carbonyl (C=O) groups is 1. The lowest BCUT2D eigenvalue weighted by atomic mass is 10.2. The van der Waals surface area contributed by atoms with Crippen LogP contribution in [-0.2, 0) is 0 Å². The van der Waals surface area contributed by atoms with E-state index >= 15 is 0 Å². The van der Waals surface area contributed by atoms with E-state index in [4.69, 9.17) is 0 Å². The molecule has 0 saturated carbocycles. The molecule has 1 aromatic heterocycles. The molecule has 1 aliphatic heterocycles. The summed E-state index contributed by atoms with van der Waals surface area (Å²) < 4.78 is 0. The number of hydrogen-bond acceptors (Lipinski definition) is 6. The van der Waals surface area contributed by atoms with Crippen molar-refractivity contribution in [2.24, 2.45) is 0 Å². The Bertz CT molecular complexity index is 771. The topological polar surface area (TPSA) is 64.6 Å². The second kappa shape index (κ2) is 9.50. The van der Waals surface area contributed by atoms with Crippen LogP contribution in [0.1, 0.15) is 30.3 Å². The van der Waals surface area contributed by atoms with Crippen LogP contribution in [-0.4, -0.2) is 72.5 Å². The van der Waals surface area contributed by atoms with Crippen molar-refractivity contribution < 1.29 is 4.79 Å². The van der Waals surface area contributed by atoms with Gasteiger partial charge >= 0.3 is 0 Å². The third-order valence-corrected chi connectivity index (χ3v) is 5.09. The number of aromatic nitrogens is 2. The van der Waals surface area contributed by atoms with Gasteiger partial charge in [-0.3, -0.25) is 4.79 Å². The van der Waals surface area contributed by atoms with Gasteiger partial charge in [0.1, 0.15) is 17.8 Å². The molecule has 0 radical (unpaired) electrons. The maximum absolute atomic E-state index is 12.5. The van der Waals surface area contributed by atoms with Gasteiger partial charge in [0.15, 0.2) is 0 Å². The van der Waals surface area contributed by atoms with Crippen LogP contribution < -0.4 is 10.2 Å². The molecule has 0 aliphatic carbocycles. The predicted octanol–water partition coefficient (Wildman–Crippen LogP) is 2.84. The number of likely N-dealkylation sites (N-methyl/N-ethyl adjacent to an activating group) is 1. The lowest BCUT2D eigenvalue weighted by Crippen LogP contribution is -2.44. The SMILES string of the molecule is CCCCN(C)C(=O)c1cc(Nc2ccc(N3CCN(C)CC3)cc2)ncn1. The molecule has 7 heteroatoms. The van der Waals surface area contributed by atoms with Gasteiger partial charge in [0.25, 0.3) is 5.91 Å². The van der Waals surface area contributed by atoms with Crippen molar-refractivity contribution in [3.8, 4) is 0 Å². The number of nitrogens with one attached hydrogen (secondary N) is 1. The van der Waals surface area contributed by atoms with Crippen LogP contribution in [0.15, 0.2) is 36.7 Å². The Balaban J connectivity index is 1.63. The highest BCUT2D eigenvalue weighted by molar-refractivity contribution is 5.92. The number of anilines is 3. The molecule has 0 unspecified atom stereocenters. The molecule has 1 aliphatic rings. The Kier molecular flexibility index (Phi) is 6.81. The van der Waals surface area contributed by atoms with Crippen LogP contribution in [0.2, 0.25) is 0 Å². The number of unbranched alkanes of at least 4 members (excludes halogenated alkanes) is 1. The standard InChI is InChI=1S/C21H30N6O/c1-4-5-10-26(3)21(28)19-15-20(23-16-22-19)24-17-6-8-18(9-7-17)27-13-11-25(2)12-14-27/h6-9,15-16H,4-5,10-14H2,1-3H3,(H,22,23,24). The van der Waals surface area contributed by atoms with Crippen LogP contribution in [0.25, 0.3) is 0 Å². The van der Waals surface area contributed by atoms with Gasteiger partial charge < -0.3 is 20.0 Å². The van der Waals surface area contributed by atoms with Crippen molar-refractivity contribution in [1.82, 2.24) is 19.8 Å². The Morgan fingerprint density at radius 2 is 1.86 bits per heavy atom. The predicted molar refractivity (Wildman–Crippen MR) is 113 cm³/mol. The fourth-order valence-corrected chi connectivity index (χ4v) is 3.20. The summed E-state index contributed by atoms with van der Waals surface area (Å²) in [4.78, 5) is 27.3. The minimum atomic E-state index is -0.0793. The zero-order valence-corrected chi connectivity index (χ0v) is 17.1. The van der Waals surface area contributed by atoms with Gasteiger partial charge in [0, 0.05) is 57.2 Å². The molecule has 1 aromatic carbocycles. The lowest BCUT2D eigenvalue weighted by Gasteiger charge is -2.34. The van der Waals surface area contributed by atoms with E-state index in [-0.39, 0.29) is 5.91 Å². The van der Waals surface area contributed by atoms with Gasteiger partial charge in [-0.05, 0) is 37.7 Å². The molecule has 0 spiro atoms. The van der Waals surface area contributed by atoms with Crippen molar-refractivity contribution >= 4 is 23.1 Å². The molecule has 1 amide bonds. The molecule has 7 nitrogen and oxygen atoms in total. The molecule has 1 N–H and O–H groups in total. The first-order valence-corrected chi connectivity index (χ1v) is 9.95. The number of carbonyl (C=O) groups excluding carboxylic acids is 1. The van der Waals surface area contributed by atoms with E-state index in [1.54, 1.807) is 11.0 Å². The normalized spacial score (nSPS) is 14.8.